The zero-order chi connectivity index (χ0) is 19.8. The number of halogens is 2. The predicted octanol–water partition coefficient (Wildman–Crippen LogP) is 3.94. The summed E-state index contributed by atoms with van der Waals surface area (Å²) in [5.74, 6) is 0.271. The van der Waals surface area contributed by atoms with E-state index in [1.165, 1.54) is 37.4 Å². The number of ether oxygens (including phenoxy) is 2. The van der Waals surface area contributed by atoms with Gasteiger partial charge in [0, 0.05) is 23.2 Å². The van der Waals surface area contributed by atoms with E-state index < -0.39 is 4.92 Å². The highest BCUT2D eigenvalue weighted by Crippen LogP contribution is 2.37. The van der Waals surface area contributed by atoms with Crippen molar-refractivity contribution in [3.63, 3.8) is 0 Å². The van der Waals surface area contributed by atoms with Crippen molar-refractivity contribution in [3.8, 4) is 17.2 Å². The molecule has 0 aliphatic carbocycles. The molecule has 0 unspecified atom stereocenters. The van der Waals surface area contributed by atoms with Crippen LogP contribution < -0.4 is 20.5 Å². The maximum absolute atomic E-state index is 12.2. The molecule has 8 nitrogen and oxygen atoms in total. The topological polar surface area (TPSA) is 117 Å². The zero-order valence-electron chi connectivity index (χ0n) is 15.1. The lowest BCUT2D eigenvalue weighted by molar-refractivity contribution is -0.385. The van der Waals surface area contributed by atoms with Gasteiger partial charge in [0.05, 0.1) is 12.0 Å². The molecule has 0 radical (unpaired) electrons. The number of amides is 1. The number of benzene rings is 2. The molecule has 10 heteroatoms. The third-order valence-corrected chi connectivity index (χ3v) is 3.91. The number of carbonyl (C=O) groups excluding carboxylic acids is 1. The van der Waals surface area contributed by atoms with Gasteiger partial charge in [0.1, 0.15) is 0 Å². The Morgan fingerprint density at radius 2 is 1.89 bits per heavy atom. The molecule has 2 aromatic rings. The fourth-order valence-electron chi connectivity index (χ4n) is 2.30. The highest BCUT2D eigenvalue weighted by Gasteiger charge is 2.19. The highest BCUT2D eigenvalue weighted by atomic mass is 35.5. The van der Waals surface area contributed by atoms with Crippen LogP contribution in [0.4, 0.5) is 5.69 Å². The SMILES string of the molecule is COc1cc(C(=O)NCCCCN)ccc1Oc1ccc(Cl)cc1[N+](=O)[O-].Cl. The minimum Gasteiger partial charge on any atom is -0.493 e. The lowest BCUT2D eigenvalue weighted by Gasteiger charge is -2.12. The fraction of sp³-hybridized carbons (Fsp3) is 0.278. The van der Waals surface area contributed by atoms with Crippen LogP contribution in [0, 0.1) is 10.1 Å². The Morgan fingerprint density at radius 3 is 2.54 bits per heavy atom. The van der Waals surface area contributed by atoms with E-state index in [0.29, 0.717) is 18.7 Å². The average Bonchev–Trinajstić information content (AvgIpc) is 2.66. The molecule has 1 amide bonds. The van der Waals surface area contributed by atoms with E-state index in [1.807, 2.05) is 0 Å². The van der Waals surface area contributed by atoms with Crippen LogP contribution in [0.25, 0.3) is 0 Å². The number of nitrogens with zero attached hydrogens (tertiary/aromatic N) is 1. The Bertz CT molecular complexity index is 833. The van der Waals surface area contributed by atoms with Crippen LogP contribution in [-0.4, -0.2) is 31.0 Å². The van der Waals surface area contributed by atoms with Gasteiger partial charge in [-0.2, -0.15) is 0 Å². The third kappa shape index (κ3) is 6.26. The number of nitrogens with two attached hydrogens (primary N) is 1. The molecule has 0 aromatic heterocycles. The lowest BCUT2D eigenvalue weighted by atomic mass is 10.2. The zero-order valence-corrected chi connectivity index (χ0v) is 16.7. The third-order valence-electron chi connectivity index (χ3n) is 3.68. The molecule has 0 atom stereocenters. The molecule has 2 aromatic carbocycles. The van der Waals surface area contributed by atoms with Crippen LogP contribution in [0.1, 0.15) is 23.2 Å². The Kier molecular flexibility index (Phi) is 9.50. The number of unbranched alkanes of at least 4 members (excludes halogenated alkanes) is 1. The number of nitrogens with one attached hydrogen (secondary N) is 1. The van der Waals surface area contributed by atoms with Crippen molar-refractivity contribution in [3.05, 3.63) is 57.1 Å². The standard InChI is InChI=1S/C18H20ClN3O5.ClH/c1-26-17-10-12(18(23)21-9-3-2-8-20)4-6-16(17)27-15-7-5-13(19)11-14(15)22(24)25;/h4-7,10-11H,2-3,8-9,20H2,1H3,(H,21,23);1H. The van der Waals surface area contributed by atoms with E-state index in [9.17, 15) is 14.9 Å². The molecular formula is C18H21Cl2N3O5. The van der Waals surface area contributed by atoms with Crippen molar-refractivity contribution in [2.75, 3.05) is 20.2 Å². The molecule has 0 bridgehead atoms. The molecule has 0 saturated heterocycles. The Labute approximate surface area is 173 Å². The molecular weight excluding hydrogens is 409 g/mol. The quantitative estimate of drug-likeness (QED) is 0.354. The summed E-state index contributed by atoms with van der Waals surface area (Å²) in [7, 11) is 1.42. The molecule has 0 spiro atoms. The van der Waals surface area contributed by atoms with Crippen LogP contribution in [-0.2, 0) is 0 Å². The second-order valence-corrected chi connectivity index (χ2v) is 6.02. The predicted molar refractivity (Wildman–Crippen MR) is 109 cm³/mol. The monoisotopic (exact) mass is 429 g/mol. The summed E-state index contributed by atoms with van der Waals surface area (Å²) in [6.45, 7) is 1.10. The average molecular weight is 430 g/mol. The van der Waals surface area contributed by atoms with E-state index in [4.69, 9.17) is 26.8 Å². The van der Waals surface area contributed by atoms with Gasteiger partial charge < -0.3 is 20.5 Å². The van der Waals surface area contributed by atoms with Gasteiger partial charge >= 0.3 is 5.69 Å². The van der Waals surface area contributed by atoms with Gasteiger partial charge in [-0.25, -0.2) is 0 Å². The van der Waals surface area contributed by atoms with Crippen molar-refractivity contribution in [2.45, 2.75) is 12.8 Å². The maximum Gasteiger partial charge on any atom is 0.313 e. The summed E-state index contributed by atoms with van der Waals surface area (Å²) in [6, 6.07) is 8.67. The molecule has 0 aliphatic rings. The first-order valence-electron chi connectivity index (χ1n) is 8.24. The summed E-state index contributed by atoms with van der Waals surface area (Å²) in [4.78, 5) is 22.8. The summed E-state index contributed by atoms with van der Waals surface area (Å²) in [6.07, 6.45) is 1.62. The minimum atomic E-state index is -0.586. The minimum absolute atomic E-state index is 0. The van der Waals surface area contributed by atoms with Crippen LogP contribution in [0.5, 0.6) is 17.2 Å². The largest absolute Gasteiger partial charge is 0.493 e. The van der Waals surface area contributed by atoms with Gasteiger partial charge in [-0.15, -0.1) is 12.4 Å². The second kappa shape index (κ2) is 11.3. The van der Waals surface area contributed by atoms with E-state index in [2.05, 4.69) is 5.32 Å². The molecule has 28 heavy (non-hydrogen) atoms. The van der Waals surface area contributed by atoms with Crippen LogP contribution in [0.3, 0.4) is 0 Å². The van der Waals surface area contributed by atoms with Crippen LogP contribution >= 0.6 is 24.0 Å². The van der Waals surface area contributed by atoms with Crippen molar-refractivity contribution in [2.24, 2.45) is 5.73 Å². The number of rotatable bonds is 9. The Balaban J connectivity index is 0.00000392. The van der Waals surface area contributed by atoms with Crippen molar-refractivity contribution < 1.29 is 19.2 Å². The first-order valence-corrected chi connectivity index (χ1v) is 8.62. The first kappa shape index (κ1) is 23.5. The van der Waals surface area contributed by atoms with Gasteiger partial charge in [0.15, 0.2) is 11.5 Å². The number of nitro groups is 1. The second-order valence-electron chi connectivity index (χ2n) is 5.59. The normalized spacial score (nSPS) is 9.96. The van der Waals surface area contributed by atoms with Gasteiger partial charge in [-0.3, -0.25) is 14.9 Å². The number of hydrogen-bond acceptors (Lipinski definition) is 6. The Morgan fingerprint density at radius 1 is 1.18 bits per heavy atom. The van der Waals surface area contributed by atoms with Crippen molar-refractivity contribution in [1.82, 2.24) is 5.32 Å². The fourth-order valence-corrected chi connectivity index (χ4v) is 2.47. The molecule has 0 heterocycles. The molecule has 2 rings (SSSR count). The molecule has 0 fully saturated rings. The maximum atomic E-state index is 12.2. The van der Waals surface area contributed by atoms with Crippen molar-refractivity contribution in [1.29, 1.82) is 0 Å². The van der Waals surface area contributed by atoms with Crippen LogP contribution in [0.15, 0.2) is 36.4 Å². The Hall–Kier alpha value is -2.55. The molecule has 3 N–H and O–H groups in total. The van der Waals surface area contributed by atoms with Gasteiger partial charge in [0.25, 0.3) is 5.91 Å². The summed E-state index contributed by atoms with van der Waals surface area (Å²) in [5.41, 5.74) is 5.53. The number of hydrogen-bond donors (Lipinski definition) is 2. The molecule has 0 aliphatic heterocycles. The van der Waals surface area contributed by atoms with E-state index in [-0.39, 0.29) is 46.3 Å². The van der Waals surface area contributed by atoms with Crippen LogP contribution in [0.2, 0.25) is 5.02 Å². The summed E-state index contributed by atoms with van der Waals surface area (Å²) >= 11 is 5.80. The summed E-state index contributed by atoms with van der Waals surface area (Å²) in [5, 5.41) is 14.2. The number of carbonyl (C=O) groups is 1. The molecule has 0 saturated carbocycles. The van der Waals surface area contributed by atoms with E-state index >= 15 is 0 Å². The van der Waals surface area contributed by atoms with Gasteiger partial charge in [0.2, 0.25) is 5.75 Å². The highest BCUT2D eigenvalue weighted by molar-refractivity contribution is 6.30. The van der Waals surface area contributed by atoms with Gasteiger partial charge in [-0.1, -0.05) is 11.6 Å². The lowest BCUT2D eigenvalue weighted by Crippen LogP contribution is -2.24. The van der Waals surface area contributed by atoms with E-state index in [0.717, 1.165) is 12.8 Å². The summed E-state index contributed by atoms with van der Waals surface area (Å²) < 4.78 is 10.9. The molecule has 152 valence electrons. The van der Waals surface area contributed by atoms with Crippen molar-refractivity contribution >= 4 is 35.6 Å². The smallest absolute Gasteiger partial charge is 0.313 e. The first-order chi connectivity index (χ1) is 13.0. The van der Waals surface area contributed by atoms with E-state index in [1.54, 1.807) is 6.07 Å². The number of methoxy groups -OCH3 is 1. The van der Waals surface area contributed by atoms with Gasteiger partial charge in [-0.05, 0) is 49.7 Å². The number of nitro benzene ring substituents is 1.